The molecule has 1 aliphatic rings. The summed E-state index contributed by atoms with van der Waals surface area (Å²) >= 11 is 3.31. The van der Waals surface area contributed by atoms with E-state index in [0.717, 1.165) is 0 Å². The van der Waals surface area contributed by atoms with E-state index in [4.69, 9.17) is 9.47 Å². The average molecular weight is 345 g/mol. The molecule has 1 aliphatic carbocycles. The second kappa shape index (κ2) is 5.35. The van der Waals surface area contributed by atoms with E-state index in [1.807, 2.05) is 0 Å². The Morgan fingerprint density at radius 1 is 1.45 bits per heavy atom. The summed E-state index contributed by atoms with van der Waals surface area (Å²) in [4.78, 5) is 12.6. The van der Waals surface area contributed by atoms with Gasteiger partial charge in [0.15, 0.2) is 5.78 Å². The van der Waals surface area contributed by atoms with Gasteiger partial charge in [-0.25, -0.2) is 0 Å². The number of fused-ring (bicyclic) bond motifs is 1. The molecule has 6 heteroatoms. The molecule has 0 spiro atoms. The third-order valence-electron chi connectivity index (χ3n) is 3.76. The average Bonchev–Trinajstić information content (AvgIpc) is 2.43. The normalized spacial score (nSPS) is 25.3. The van der Waals surface area contributed by atoms with E-state index in [2.05, 4.69) is 15.9 Å². The fourth-order valence-electron chi connectivity index (χ4n) is 2.60. The molecule has 0 aromatic heterocycles. The summed E-state index contributed by atoms with van der Waals surface area (Å²) < 4.78 is 11.0. The predicted molar refractivity (Wildman–Crippen MR) is 76.4 cm³/mol. The highest BCUT2D eigenvalue weighted by molar-refractivity contribution is 9.10. The van der Waals surface area contributed by atoms with Crippen LogP contribution >= 0.6 is 15.9 Å². The van der Waals surface area contributed by atoms with Crippen molar-refractivity contribution in [3.8, 4) is 11.5 Å². The van der Waals surface area contributed by atoms with E-state index in [1.54, 1.807) is 13.0 Å². The van der Waals surface area contributed by atoms with Gasteiger partial charge in [0.1, 0.15) is 17.1 Å². The Morgan fingerprint density at radius 3 is 2.60 bits per heavy atom. The van der Waals surface area contributed by atoms with Crippen LogP contribution in [0.5, 0.6) is 11.5 Å². The standard InChI is InChI=1S/C14H17BrO5/c1-4-14(18)6-8(16)10-9(19-2)5-7(15)12(20-3)11(10)13(14)17/h5,8,16,18H,4,6H2,1-3H3. The summed E-state index contributed by atoms with van der Waals surface area (Å²) in [6.07, 6.45) is -0.804. The van der Waals surface area contributed by atoms with Gasteiger partial charge in [-0.15, -0.1) is 0 Å². The molecule has 1 aromatic rings. The highest BCUT2D eigenvalue weighted by atomic mass is 79.9. The van der Waals surface area contributed by atoms with Crippen LogP contribution in [-0.2, 0) is 0 Å². The molecule has 0 saturated heterocycles. The first-order valence-corrected chi connectivity index (χ1v) is 7.08. The number of hydrogen-bond acceptors (Lipinski definition) is 5. The van der Waals surface area contributed by atoms with Gasteiger partial charge in [0, 0.05) is 12.0 Å². The van der Waals surface area contributed by atoms with E-state index in [1.165, 1.54) is 14.2 Å². The lowest BCUT2D eigenvalue weighted by molar-refractivity contribution is -0.0102. The highest BCUT2D eigenvalue weighted by Gasteiger charge is 2.46. The molecule has 20 heavy (non-hydrogen) atoms. The molecule has 0 aliphatic heterocycles. The number of halogens is 1. The summed E-state index contributed by atoms with van der Waals surface area (Å²) in [6.45, 7) is 1.71. The zero-order valence-electron chi connectivity index (χ0n) is 11.6. The van der Waals surface area contributed by atoms with Crippen LogP contribution in [0.4, 0.5) is 0 Å². The summed E-state index contributed by atoms with van der Waals surface area (Å²) in [7, 11) is 2.90. The quantitative estimate of drug-likeness (QED) is 0.879. The van der Waals surface area contributed by atoms with Gasteiger partial charge in [0.25, 0.3) is 0 Å². The van der Waals surface area contributed by atoms with Crippen molar-refractivity contribution in [3.05, 3.63) is 21.7 Å². The van der Waals surface area contributed by atoms with Crippen LogP contribution in [-0.4, -0.2) is 35.8 Å². The molecule has 0 amide bonds. The smallest absolute Gasteiger partial charge is 0.198 e. The molecule has 1 aromatic carbocycles. The van der Waals surface area contributed by atoms with Gasteiger partial charge < -0.3 is 19.7 Å². The second-order valence-corrected chi connectivity index (χ2v) is 5.67. The minimum atomic E-state index is -1.58. The van der Waals surface area contributed by atoms with Gasteiger partial charge in [-0.05, 0) is 28.4 Å². The molecular weight excluding hydrogens is 328 g/mol. The lowest BCUT2D eigenvalue weighted by Crippen LogP contribution is -2.44. The summed E-state index contributed by atoms with van der Waals surface area (Å²) in [5.74, 6) is 0.250. The summed E-state index contributed by atoms with van der Waals surface area (Å²) in [6, 6.07) is 1.64. The van der Waals surface area contributed by atoms with Crippen LogP contribution in [0.2, 0.25) is 0 Å². The van der Waals surface area contributed by atoms with Crippen LogP contribution in [0.25, 0.3) is 0 Å². The molecule has 2 atom stereocenters. The van der Waals surface area contributed by atoms with Crippen molar-refractivity contribution < 1.29 is 24.5 Å². The lowest BCUT2D eigenvalue weighted by atomic mass is 9.75. The highest BCUT2D eigenvalue weighted by Crippen LogP contribution is 2.48. The van der Waals surface area contributed by atoms with Crippen LogP contribution in [0, 0.1) is 0 Å². The first-order valence-electron chi connectivity index (χ1n) is 6.29. The molecule has 2 rings (SSSR count). The van der Waals surface area contributed by atoms with Gasteiger partial charge in [0.2, 0.25) is 0 Å². The Hall–Kier alpha value is -1.11. The van der Waals surface area contributed by atoms with E-state index in [9.17, 15) is 15.0 Å². The maximum absolute atomic E-state index is 12.6. The fraction of sp³-hybridized carbons (Fsp3) is 0.500. The van der Waals surface area contributed by atoms with E-state index < -0.39 is 17.5 Å². The molecule has 2 unspecified atom stereocenters. The zero-order valence-corrected chi connectivity index (χ0v) is 13.2. The Bertz CT molecular complexity index is 557. The van der Waals surface area contributed by atoms with Crippen molar-refractivity contribution in [1.29, 1.82) is 0 Å². The third kappa shape index (κ3) is 2.12. The number of rotatable bonds is 3. The molecule has 0 heterocycles. The minimum absolute atomic E-state index is 0.0452. The molecule has 5 nitrogen and oxygen atoms in total. The van der Waals surface area contributed by atoms with Crippen LogP contribution in [0.1, 0.15) is 41.8 Å². The monoisotopic (exact) mass is 344 g/mol. The third-order valence-corrected chi connectivity index (χ3v) is 4.35. The van der Waals surface area contributed by atoms with Crippen LogP contribution in [0.15, 0.2) is 10.5 Å². The predicted octanol–water partition coefficient (Wildman–Crippen LogP) is 2.23. The minimum Gasteiger partial charge on any atom is -0.496 e. The molecule has 0 saturated carbocycles. The van der Waals surface area contributed by atoms with Crippen LogP contribution in [0.3, 0.4) is 0 Å². The summed E-state index contributed by atoms with van der Waals surface area (Å²) in [5, 5.41) is 20.7. The zero-order chi connectivity index (χ0) is 15.1. The molecule has 2 N–H and O–H groups in total. The number of carbonyl (C=O) groups is 1. The van der Waals surface area contributed by atoms with Crippen molar-refractivity contribution >= 4 is 21.7 Å². The molecule has 0 bridgehead atoms. The topological polar surface area (TPSA) is 76.0 Å². The van der Waals surface area contributed by atoms with E-state index in [-0.39, 0.29) is 18.4 Å². The number of methoxy groups -OCH3 is 2. The number of benzene rings is 1. The molecular formula is C14H17BrO5. The summed E-state index contributed by atoms with van der Waals surface area (Å²) in [5.41, 5.74) is -1.02. The fourth-order valence-corrected chi connectivity index (χ4v) is 3.17. The van der Waals surface area contributed by atoms with Crippen molar-refractivity contribution in [1.82, 2.24) is 0 Å². The van der Waals surface area contributed by atoms with Gasteiger partial charge in [-0.1, -0.05) is 6.92 Å². The Labute approximate surface area is 125 Å². The van der Waals surface area contributed by atoms with Crippen LogP contribution < -0.4 is 9.47 Å². The van der Waals surface area contributed by atoms with Crippen molar-refractivity contribution in [2.24, 2.45) is 0 Å². The first kappa shape index (κ1) is 15.3. The number of carbonyl (C=O) groups excluding carboxylic acids is 1. The second-order valence-electron chi connectivity index (χ2n) is 4.82. The number of hydrogen-bond donors (Lipinski definition) is 2. The number of aliphatic hydroxyl groups is 2. The van der Waals surface area contributed by atoms with Gasteiger partial charge in [-0.3, -0.25) is 4.79 Å². The number of Topliss-reactive ketones (excluding diaryl/α,β-unsaturated/α-hetero) is 1. The Kier molecular flexibility index (Phi) is 4.09. The maximum Gasteiger partial charge on any atom is 0.198 e. The lowest BCUT2D eigenvalue weighted by Gasteiger charge is -2.35. The number of ether oxygens (including phenoxy) is 2. The first-order chi connectivity index (χ1) is 9.39. The molecule has 0 radical (unpaired) electrons. The molecule has 110 valence electrons. The van der Waals surface area contributed by atoms with Gasteiger partial charge in [-0.2, -0.15) is 0 Å². The van der Waals surface area contributed by atoms with Gasteiger partial charge >= 0.3 is 0 Å². The van der Waals surface area contributed by atoms with E-state index >= 15 is 0 Å². The largest absolute Gasteiger partial charge is 0.496 e. The number of aliphatic hydroxyl groups excluding tert-OH is 1. The Morgan fingerprint density at radius 2 is 2.10 bits per heavy atom. The van der Waals surface area contributed by atoms with E-state index in [0.29, 0.717) is 21.5 Å². The molecule has 0 fully saturated rings. The van der Waals surface area contributed by atoms with Crippen molar-refractivity contribution in [2.45, 2.75) is 31.5 Å². The van der Waals surface area contributed by atoms with Crippen molar-refractivity contribution in [3.63, 3.8) is 0 Å². The maximum atomic E-state index is 12.6. The Balaban J connectivity index is 2.78. The SMILES string of the molecule is CCC1(O)CC(O)c2c(OC)cc(Br)c(OC)c2C1=O. The van der Waals surface area contributed by atoms with Gasteiger partial charge in [0.05, 0.1) is 30.4 Å². The number of ketones is 1. The van der Waals surface area contributed by atoms with Crippen molar-refractivity contribution in [2.75, 3.05) is 14.2 Å².